The van der Waals surface area contributed by atoms with Gasteiger partial charge in [-0.05, 0) is 12.8 Å². The summed E-state index contributed by atoms with van der Waals surface area (Å²) in [5.74, 6) is -0.661. The van der Waals surface area contributed by atoms with Crippen LogP contribution in [-0.4, -0.2) is 31.1 Å². The number of halogens is 1. The minimum Gasteiger partial charge on any atom is -0.467 e. The predicted molar refractivity (Wildman–Crippen MR) is 62.3 cm³/mol. The van der Waals surface area contributed by atoms with Gasteiger partial charge in [-0.3, -0.25) is 4.79 Å². The normalized spacial score (nSPS) is 18.1. The van der Waals surface area contributed by atoms with Crippen molar-refractivity contribution in [2.75, 3.05) is 13.7 Å². The van der Waals surface area contributed by atoms with Crippen LogP contribution in [0.1, 0.15) is 32.1 Å². The molecule has 1 amide bonds. The smallest absolute Gasteiger partial charge is 0.331 e. The molecule has 5 nitrogen and oxygen atoms in total. The van der Waals surface area contributed by atoms with Gasteiger partial charge in [0.05, 0.1) is 13.7 Å². The molecule has 0 heterocycles. The highest BCUT2D eigenvalue weighted by Gasteiger charge is 2.41. The van der Waals surface area contributed by atoms with Crippen LogP contribution in [0.5, 0.6) is 0 Å². The molecule has 16 heavy (non-hydrogen) atoms. The summed E-state index contributed by atoms with van der Waals surface area (Å²) < 4.78 is 4.74. The first-order valence-corrected chi connectivity index (χ1v) is 5.24. The topological polar surface area (TPSA) is 81.4 Å². The summed E-state index contributed by atoms with van der Waals surface area (Å²) in [6.45, 7) is -0.0985. The Morgan fingerprint density at radius 1 is 1.31 bits per heavy atom. The highest BCUT2D eigenvalue weighted by molar-refractivity contribution is 5.88. The molecule has 6 heteroatoms. The molecule has 0 bridgehead atoms. The van der Waals surface area contributed by atoms with Gasteiger partial charge in [-0.25, -0.2) is 4.79 Å². The zero-order chi connectivity index (χ0) is 11.3. The molecule has 0 saturated heterocycles. The summed E-state index contributed by atoms with van der Waals surface area (Å²) in [6, 6.07) is 0. The minimum absolute atomic E-state index is 0. The van der Waals surface area contributed by atoms with E-state index in [9.17, 15) is 9.59 Å². The Kier molecular flexibility index (Phi) is 6.36. The van der Waals surface area contributed by atoms with Crippen molar-refractivity contribution < 1.29 is 14.3 Å². The number of carbonyl (C=O) groups is 2. The molecule has 94 valence electrons. The first-order valence-electron chi connectivity index (χ1n) is 5.24. The summed E-state index contributed by atoms with van der Waals surface area (Å²) >= 11 is 0. The first-order chi connectivity index (χ1) is 7.14. The molecular formula is C10H19ClN2O3. The molecule has 0 aromatic carbocycles. The maximum Gasteiger partial charge on any atom is 0.331 e. The van der Waals surface area contributed by atoms with Gasteiger partial charge >= 0.3 is 5.97 Å². The standard InChI is InChI=1S/C10H18N2O3.ClH/c1-15-9(14)10(12-8(13)7-11)5-3-2-4-6-10;/h2-7,11H2,1H3,(H,12,13);1H. The lowest BCUT2D eigenvalue weighted by atomic mass is 9.81. The van der Waals surface area contributed by atoms with Crippen LogP contribution in [0.15, 0.2) is 0 Å². The number of rotatable bonds is 3. The summed E-state index contributed by atoms with van der Waals surface area (Å²) in [5, 5.41) is 2.69. The Morgan fingerprint density at radius 3 is 2.31 bits per heavy atom. The maximum absolute atomic E-state index is 11.7. The molecule has 0 aliphatic heterocycles. The van der Waals surface area contributed by atoms with E-state index >= 15 is 0 Å². The molecule has 0 unspecified atom stereocenters. The second-order valence-corrected chi connectivity index (χ2v) is 3.89. The second kappa shape index (κ2) is 6.70. The summed E-state index contributed by atoms with van der Waals surface area (Å²) in [7, 11) is 1.34. The number of hydrogen-bond donors (Lipinski definition) is 2. The van der Waals surface area contributed by atoms with Crippen LogP contribution in [0.2, 0.25) is 0 Å². The monoisotopic (exact) mass is 250 g/mol. The lowest BCUT2D eigenvalue weighted by molar-refractivity contribution is -0.152. The van der Waals surface area contributed by atoms with Crippen LogP contribution >= 0.6 is 12.4 Å². The summed E-state index contributed by atoms with van der Waals surface area (Å²) in [4.78, 5) is 22.9. The third kappa shape index (κ3) is 3.35. The molecule has 3 N–H and O–H groups in total. The molecule has 0 atom stereocenters. The number of methoxy groups -OCH3 is 1. The van der Waals surface area contributed by atoms with Crippen molar-refractivity contribution in [1.82, 2.24) is 5.32 Å². The van der Waals surface area contributed by atoms with Gasteiger partial charge in [0.2, 0.25) is 5.91 Å². The van der Waals surface area contributed by atoms with Crippen molar-refractivity contribution in [2.45, 2.75) is 37.6 Å². The fourth-order valence-electron chi connectivity index (χ4n) is 2.05. The van der Waals surface area contributed by atoms with Gasteiger partial charge in [-0.15, -0.1) is 12.4 Å². The van der Waals surface area contributed by atoms with Crippen molar-refractivity contribution in [2.24, 2.45) is 5.73 Å². The first kappa shape index (κ1) is 15.2. The Hall–Kier alpha value is -0.810. The molecule has 0 spiro atoms. The van der Waals surface area contributed by atoms with Gasteiger partial charge < -0.3 is 15.8 Å². The van der Waals surface area contributed by atoms with Gasteiger partial charge in [-0.2, -0.15) is 0 Å². The van der Waals surface area contributed by atoms with E-state index < -0.39 is 5.54 Å². The van der Waals surface area contributed by atoms with E-state index in [-0.39, 0.29) is 30.8 Å². The highest BCUT2D eigenvalue weighted by Crippen LogP contribution is 2.29. The van der Waals surface area contributed by atoms with Crippen LogP contribution in [0.4, 0.5) is 0 Å². The van der Waals surface area contributed by atoms with Crippen molar-refractivity contribution in [1.29, 1.82) is 0 Å². The minimum atomic E-state index is -0.830. The van der Waals surface area contributed by atoms with Gasteiger partial charge in [-0.1, -0.05) is 19.3 Å². The lowest BCUT2D eigenvalue weighted by Crippen LogP contribution is -2.57. The number of hydrogen-bond acceptors (Lipinski definition) is 4. The van der Waals surface area contributed by atoms with Crippen LogP contribution in [0.25, 0.3) is 0 Å². The van der Waals surface area contributed by atoms with Gasteiger partial charge in [0, 0.05) is 0 Å². The van der Waals surface area contributed by atoms with Crippen LogP contribution in [-0.2, 0) is 14.3 Å². The van der Waals surface area contributed by atoms with E-state index in [4.69, 9.17) is 10.5 Å². The van der Waals surface area contributed by atoms with Crippen molar-refractivity contribution in [3.05, 3.63) is 0 Å². The number of nitrogens with one attached hydrogen (secondary N) is 1. The fourth-order valence-corrected chi connectivity index (χ4v) is 2.05. The number of esters is 1. The molecule has 1 saturated carbocycles. The molecule has 0 radical (unpaired) electrons. The number of carbonyl (C=O) groups excluding carboxylic acids is 2. The van der Waals surface area contributed by atoms with E-state index in [2.05, 4.69) is 5.32 Å². The van der Waals surface area contributed by atoms with Crippen molar-refractivity contribution >= 4 is 24.3 Å². The Balaban J connectivity index is 0.00000225. The van der Waals surface area contributed by atoms with E-state index in [0.29, 0.717) is 12.8 Å². The van der Waals surface area contributed by atoms with E-state index in [1.165, 1.54) is 7.11 Å². The fraction of sp³-hybridized carbons (Fsp3) is 0.800. The molecule has 1 aliphatic rings. The van der Waals surface area contributed by atoms with Crippen LogP contribution in [0.3, 0.4) is 0 Å². The second-order valence-electron chi connectivity index (χ2n) is 3.89. The van der Waals surface area contributed by atoms with E-state index in [1.54, 1.807) is 0 Å². The Morgan fingerprint density at radius 2 is 1.88 bits per heavy atom. The van der Waals surface area contributed by atoms with Crippen LogP contribution < -0.4 is 11.1 Å². The van der Waals surface area contributed by atoms with Gasteiger partial charge in [0.25, 0.3) is 0 Å². The molecule has 0 aromatic rings. The van der Waals surface area contributed by atoms with Crippen molar-refractivity contribution in [3.8, 4) is 0 Å². The summed E-state index contributed by atoms with van der Waals surface area (Å²) in [5.41, 5.74) is 4.40. The number of amides is 1. The van der Waals surface area contributed by atoms with Crippen molar-refractivity contribution in [3.63, 3.8) is 0 Å². The third-order valence-electron chi connectivity index (χ3n) is 2.85. The third-order valence-corrected chi connectivity index (χ3v) is 2.85. The van der Waals surface area contributed by atoms with E-state index in [0.717, 1.165) is 19.3 Å². The average Bonchev–Trinajstić information content (AvgIpc) is 2.29. The zero-order valence-corrected chi connectivity index (χ0v) is 10.3. The van der Waals surface area contributed by atoms with Crippen LogP contribution in [0, 0.1) is 0 Å². The number of ether oxygens (including phenoxy) is 1. The average molecular weight is 251 g/mol. The van der Waals surface area contributed by atoms with Gasteiger partial charge in [0.15, 0.2) is 0 Å². The molecular weight excluding hydrogens is 232 g/mol. The quantitative estimate of drug-likeness (QED) is 0.709. The SMILES string of the molecule is COC(=O)C1(NC(=O)CN)CCCCC1.Cl. The Labute approximate surface area is 101 Å². The van der Waals surface area contributed by atoms with Gasteiger partial charge in [0.1, 0.15) is 5.54 Å². The molecule has 0 aromatic heterocycles. The molecule has 1 fully saturated rings. The predicted octanol–water partition coefficient (Wildman–Crippen LogP) is 0.359. The summed E-state index contributed by atoms with van der Waals surface area (Å²) in [6.07, 6.45) is 4.24. The zero-order valence-electron chi connectivity index (χ0n) is 9.45. The largest absolute Gasteiger partial charge is 0.467 e. The van der Waals surface area contributed by atoms with E-state index in [1.807, 2.05) is 0 Å². The lowest BCUT2D eigenvalue weighted by Gasteiger charge is -2.35. The maximum atomic E-state index is 11.7. The number of nitrogens with two attached hydrogens (primary N) is 1. The highest BCUT2D eigenvalue weighted by atomic mass is 35.5. The molecule has 1 rings (SSSR count). The Bertz CT molecular complexity index is 252. The molecule has 1 aliphatic carbocycles.